The molecule has 0 radical (unpaired) electrons. The number of hydrogen-bond acceptors (Lipinski definition) is 3. The van der Waals surface area contributed by atoms with Gasteiger partial charge in [-0.3, -0.25) is 9.80 Å². The van der Waals surface area contributed by atoms with Gasteiger partial charge in [-0.2, -0.15) is 0 Å². The van der Waals surface area contributed by atoms with E-state index < -0.39 is 0 Å². The summed E-state index contributed by atoms with van der Waals surface area (Å²) in [5.74, 6) is -0.211. The standard InChI is InChI=1S/C17H28FN3/c1-13(16(19)14-5-7-15(18)8-6-14)20-9-11-21(12-10-20)17(2,3)4/h5-8,13,16H,9-12,19H2,1-4H3. The Bertz CT molecular complexity index is 444. The van der Waals surface area contributed by atoms with Gasteiger partial charge in [0.15, 0.2) is 0 Å². The SMILES string of the molecule is CC(C(N)c1ccc(F)cc1)N1CCN(C(C)(C)C)CC1. The molecule has 0 amide bonds. The van der Waals surface area contributed by atoms with Gasteiger partial charge in [-0.1, -0.05) is 12.1 Å². The zero-order valence-electron chi connectivity index (χ0n) is 13.6. The first kappa shape index (κ1) is 16.4. The second kappa shape index (κ2) is 6.42. The van der Waals surface area contributed by atoms with Crippen LogP contribution in [0.5, 0.6) is 0 Å². The van der Waals surface area contributed by atoms with E-state index in [9.17, 15) is 4.39 Å². The Morgan fingerprint density at radius 3 is 2.05 bits per heavy atom. The van der Waals surface area contributed by atoms with Gasteiger partial charge >= 0.3 is 0 Å². The normalized spacial score (nSPS) is 21.2. The fraction of sp³-hybridized carbons (Fsp3) is 0.647. The van der Waals surface area contributed by atoms with Crippen LogP contribution in [-0.4, -0.2) is 47.6 Å². The maximum Gasteiger partial charge on any atom is 0.123 e. The van der Waals surface area contributed by atoms with E-state index in [0.717, 1.165) is 31.7 Å². The van der Waals surface area contributed by atoms with Gasteiger partial charge in [-0.15, -0.1) is 0 Å². The summed E-state index contributed by atoms with van der Waals surface area (Å²) in [6, 6.07) is 6.74. The van der Waals surface area contributed by atoms with Crippen molar-refractivity contribution in [1.29, 1.82) is 0 Å². The van der Waals surface area contributed by atoms with Crippen molar-refractivity contribution < 1.29 is 4.39 Å². The van der Waals surface area contributed by atoms with E-state index in [-0.39, 0.29) is 23.4 Å². The largest absolute Gasteiger partial charge is 0.323 e. The lowest BCUT2D eigenvalue weighted by molar-refractivity contribution is 0.0401. The molecule has 118 valence electrons. The topological polar surface area (TPSA) is 32.5 Å². The molecular formula is C17H28FN3. The van der Waals surface area contributed by atoms with Crippen molar-refractivity contribution in [3.05, 3.63) is 35.6 Å². The molecule has 0 spiro atoms. The summed E-state index contributed by atoms with van der Waals surface area (Å²) < 4.78 is 13.0. The van der Waals surface area contributed by atoms with Gasteiger partial charge in [0.1, 0.15) is 5.82 Å². The highest BCUT2D eigenvalue weighted by atomic mass is 19.1. The number of hydrogen-bond donors (Lipinski definition) is 1. The van der Waals surface area contributed by atoms with E-state index in [1.165, 1.54) is 12.1 Å². The van der Waals surface area contributed by atoms with Crippen LogP contribution >= 0.6 is 0 Å². The minimum Gasteiger partial charge on any atom is -0.323 e. The minimum atomic E-state index is -0.211. The second-order valence-electron chi connectivity index (χ2n) is 7.01. The zero-order chi connectivity index (χ0) is 15.6. The lowest BCUT2D eigenvalue weighted by atomic mass is 9.98. The summed E-state index contributed by atoms with van der Waals surface area (Å²) in [5, 5.41) is 0. The van der Waals surface area contributed by atoms with Gasteiger partial charge in [0.25, 0.3) is 0 Å². The van der Waals surface area contributed by atoms with Crippen LogP contribution in [0.2, 0.25) is 0 Å². The third-order valence-corrected chi connectivity index (χ3v) is 4.61. The molecule has 2 N–H and O–H groups in total. The average Bonchev–Trinajstić information content (AvgIpc) is 2.46. The Morgan fingerprint density at radius 1 is 1.05 bits per heavy atom. The highest BCUT2D eigenvalue weighted by Crippen LogP contribution is 2.22. The fourth-order valence-corrected chi connectivity index (χ4v) is 2.99. The quantitative estimate of drug-likeness (QED) is 0.930. The Labute approximate surface area is 127 Å². The molecule has 0 aliphatic carbocycles. The van der Waals surface area contributed by atoms with Crippen molar-refractivity contribution in [3.63, 3.8) is 0 Å². The van der Waals surface area contributed by atoms with Gasteiger partial charge in [0.2, 0.25) is 0 Å². The average molecular weight is 293 g/mol. The Morgan fingerprint density at radius 2 is 1.57 bits per heavy atom. The van der Waals surface area contributed by atoms with E-state index in [1.807, 2.05) is 0 Å². The first-order valence-corrected chi connectivity index (χ1v) is 7.79. The molecular weight excluding hydrogens is 265 g/mol. The Hall–Kier alpha value is -0.970. The summed E-state index contributed by atoms with van der Waals surface area (Å²) in [4.78, 5) is 4.95. The molecule has 0 aromatic heterocycles. The molecule has 1 saturated heterocycles. The first-order chi connectivity index (χ1) is 9.79. The molecule has 1 fully saturated rings. The van der Waals surface area contributed by atoms with E-state index >= 15 is 0 Å². The summed E-state index contributed by atoms with van der Waals surface area (Å²) in [7, 11) is 0. The molecule has 0 saturated carbocycles. The predicted octanol–water partition coefficient (Wildman–Crippen LogP) is 2.63. The van der Waals surface area contributed by atoms with E-state index in [2.05, 4.69) is 37.5 Å². The molecule has 4 heteroatoms. The van der Waals surface area contributed by atoms with Crippen LogP contribution in [0.1, 0.15) is 39.3 Å². The third-order valence-electron chi connectivity index (χ3n) is 4.61. The van der Waals surface area contributed by atoms with Gasteiger partial charge in [-0.25, -0.2) is 4.39 Å². The molecule has 0 bridgehead atoms. The van der Waals surface area contributed by atoms with Gasteiger partial charge in [0.05, 0.1) is 0 Å². The molecule has 3 nitrogen and oxygen atoms in total. The lowest BCUT2D eigenvalue weighted by Crippen LogP contribution is -2.56. The summed E-state index contributed by atoms with van der Waals surface area (Å²) in [6.45, 7) is 13.2. The van der Waals surface area contributed by atoms with Gasteiger partial charge in [-0.05, 0) is 45.4 Å². The monoisotopic (exact) mass is 293 g/mol. The van der Waals surface area contributed by atoms with Crippen LogP contribution in [0.3, 0.4) is 0 Å². The Kier molecular flexibility index (Phi) is 5.02. The van der Waals surface area contributed by atoms with Gasteiger partial charge in [0, 0.05) is 43.8 Å². The predicted molar refractivity (Wildman–Crippen MR) is 85.7 cm³/mol. The molecule has 1 heterocycles. The molecule has 2 unspecified atom stereocenters. The van der Waals surface area contributed by atoms with Crippen LogP contribution < -0.4 is 5.73 Å². The van der Waals surface area contributed by atoms with E-state index in [1.54, 1.807) is 12.1 Å². The highest BCUT2D eigenvalue weighted by Gasteiger charge is 2.29. The molecule has 1 aromatic rings. The first-order valence-electron chi connectivity index (χ1n) is 7.79. The van der Waals surface area contributed by atoms with Crippen LogP contribution in [0.15, 0.2) is 24.3 Å². The van der Waals surface area contributed by atoms with Crippen molar-refractivity contribution in [2.75, 3.05) is 26.2 Å². The van der Waals surface area contributed by atoms with Crippen molar-refractivity contribution in [2.45, 2.75) is 45.3 Å². The molecule has 2 atom stereocenters. The number of benzene rings is 1. The van der Waals surface area contributed by atoms with Crippen molar-refractivity contribution >= 4 is 0 Å². The number of nitrogens with zero attached hydrogens (tertiary/aromatic N) is 2. The zero-order valence-corrected chi connectivity index (χ0v) is 13.6. The third kappa shape index (κ3) is 4.02. The van der Waals surface area contributed by atoms with Crippen molar-refractivity contribution in [2.24, 2.45) is 5.73 Å². The van der Waals surface area contributed by atoms with Crippen molar-refractivity contribution in [1.82, 2.24) is 9.80 Å². The smallest absolute Gasteiger partial charge is 0.123 e. The van der Waals surface area contributed by atoms with Crippen LogP contribution in [0.4, 0.5) is 4.39 Å². The fourth-order valence-electron chi connectivity index (χ4n) is 2.99. The summed E-state index contributed by atoms with van der Waals surface area (Å²) in [5.41, 5.74) is 7.59. The van der Waals surface area contributed by atoms with E-state index in [0.29, 0.717) is 0 Å². The number of piperazine rings is 1. The van der Waals surface area contributed by atoms with E-state index in [4.69, 9.17) is 5.73 Å². The maximum atomic E-state index is 13.0. The molecule has 2 rings (SSSR count). The summed E-state index contributed by atoms with van der Waals surface area (Å²) in [6.07, 6.45) is 0. The van der Waals surface area contributed by atoms with Crippen LogP contribution in [0.25, 0.3) is 0 Å². The molecule has 1 aliphatic heterocycles. The highest BCUT2D eigenvalue weighted by molar-refractivity contribution is 5.21. The number of nitrogens with two attached hydrogens (primary N) is 1. The minimum absolute atomic E-state index is 0.0770. The van der Waals surface area contributed by atoms with Crippen LogP contribution in [-0.2, 0) is 0 Å². The van der Waals surface area contributed by atoms with Crippen LogP contribution in [0, 0.1) is 5.82 Å². The molecule has 1 aromatic carbocycles. The number of halogens is 1. The van der Waals surface area contributed by atoms with Crippen molar-refractivity contribution in [3.8, 4) is 0 Å². The lowest BCUT2D eigenvalue weighted by Gasteiger charge is -2.45. The number of rotatable bonds is 3. The molecule has 21 heavy (non-hydrogen) atoms. The van der Waals surface area contributed by atoms with Gasteiger partial charge < -0.3 is 5.73 Å². The second-order valence-corrected chi connectivity index (χ2v) is 7.01. The Balaban J connectivity index is 1.95. The summed E-state index contributed by atoms with van der Waals surface area (Å²) >= 11 is 0. The maximum absolute atomic E-state index is 13.0. The molecule has 1 aliphatic rings.